The minimum Gasteiger partial charge on any atom is -0.242 e. The van der Waals surface area contributed by atoms with Gasteiger partial charge in [0.15, 0.2) is 5.82 Å². The molecule has 6 heteroatoms. The van der Waals surface area contributed by atoms with Gasteiger partial charge in [-0.2, -0.15) is 5.10 Å². The number of allylic oxidation sites excluding steroid dienone is 3. The van der Waals surface area contributed by atoms with Gasteiger partial charge < -0.3 is 0 Å². The molecule has 1 atom stereocenters. The van der Waals surface area contributed by atoms with Gasteiger partial charge in [0.2, 0.25) is 0 Å². The van der Waals surface area contributed by atoms with Crippen LogP contribution in [0.15, 0.2) is 34.5 Å². The van der Waals surface area contributed by atoms with Crippen LogP contribution in [0.2, 0.25) is 0 Å². The molecule has 0 spiro atoms. The Hall–Kier alpha value is -2.63. The zero-order chi connectivity index (χ0) is 16.6. The molecule has 0 aromatic carbocycles. The van der Waals surface area contributed by atoms with Crippen LogP contribution >= 0.6 is 0 Å². The van der Waals surface area contributed by atoms with Crippen molar-refractivity contribution in [3.05, 3.63) is 47.4 Å². The molecule has 0 saturated heterocycles. The summed E-state index contributed by atoms with van der Waals surface area (Å²) >= 11 is 0. The number of fused-ring (bicyclic) bond motifs is 1. The Morgan fingerprint density at radius 3 is 2.78 bits per heavy atom. The van der Waals surface area contributed by atoms with Crippen LogP contribution in [0.5, 0.6) is 0 Å². The van der Waals surface area contributed by atoms with Gasteiger partial charge in [0.25, 0.3) is 0 Å². The van der Waals surface area contributed by atoms with Crippen molar-refractivity contribution >= 4 is 23.1 Å². The van der Waals surface area contributed by atoms with E-state index in [-0.39, 0.29) is 11.7 Å². The lowest BCUT2D eigenvalue weighted by molar-refractivity contribution is 0.622. The molecule has 3 rings (SSSR count). The quantitative estimate of drug-likeness (QED) is 0.809. The molecule has 23 heavy (non-hydrogen) atoms. The van der Waals surface area contributed by atoms with Crippen molar-refractivity contribution < 1.29 is 4.39 Å². The molecule has 0 N–H and O–H groups in total. The Kier molecular flexibility index (Phi) is 3.90. The highest BCUT2D eigenvalue weighted by Crippen LogP contribution is 2.27. The third kappa shape index (κ3) is 2.97. The lowest BCUT2D eigenvalue weighted by Crippen LogP contribution is -2.01. The zero-order valence-corrected chi connectivity index (χ0v) is 13.6. The van der Waals surface area contributed by atoms with Crippen molar-refractivity contribution in [1.29, 1.82) is 0 Å². The Morgan fingerprint density at radius 1 is 1.22 bits per heavy atom. The van der Waals surface area contributed by atoms with Crippen LogP contribution in [0.1, 0.15) is 30.9 Å². The van der Waals surface area contributed by atoms with Gasteiger partial charge >= 0.3 is 0 Å². The first-order valence-corrected chi connectivity index (χ1v) is 7.45. The van der Waals surface area contributed by atoms with E-state index in [9.17, 15) is 4.39 Å². The smallest absolute Gasteiger partial charge is 0.151 e. The van der Waals surface area contributed by atoms with Gasteiger partial charge in [0, 0.05) is 23.6 Å². The second-order valence-electron chi connectivity index (χ2n) is 5.65. The zero-order valence-electron chi connectivity index (χ0n) is 13.6. The molecule has 2 aromatic rings. The molecule has 3 heterocycles. The van der Waals surface area contributed by atoms with Crippen LogP contribution < -0.4 is 0 Å². The molecule has 0 saturated carbocycles. The summed E-state index contributed by atoms with van der Waals surface area (Å²) in [5.74, 6) is 0.991. The van der Waals surface area contributed by atoms with Crippen LogP contribution in [0.3, 0.4) is 0 Å². The van der Waals surface area contributed by atoms with Crippen LogP contribution in [0.25, 0.3) is 11.1 Å². The Morgan fingerprint density at radius 2 is 2.00 bits per heavy atom. The summed E-state index contributed by atoms with van der Waals surface area (Å²) in [4.78, 5) is 12.9. The normalized spacial score (nSPS) is 22.0. The molecular formula is C17H18FN5. The number of hydrogen-bond acceptors (Lipinski definition) is 4. The number of rotatable bonds is 1. The fraction of sp³-hybridized carbons (Fsp3) is 0.294. The SMILES string of the molecule is CC1=N/C=C\[C@H](C)/C=C(/c2c(F)cn3nc(C)nc(C)c23)C=N1. The van der Waals surface area contributed by atoms with Crippen molar-refractivity contribution in [3.8, 4) is 0 Å². The largest absolute Gasteiger partial charge is 0.242 e. The molecule has 1 aliphatic rings. The van der Waals surface area contributed by atoms with Gasteiger partial charge in [-0.15, -0.1) is 0 Å². The molecule has 118 valence electrons. The molecule has 0 amide bonds. The maximum atomic E-state index is 14.6. The Bertz CT molecular complexity index is 886. The van der Waals surface area contributed by atoms with Gasteiger partial charge in [0.05, 0.1) is 17.4 Å². The van der Waals surface area contributed by atoms with E-state index >= 15 is 0 Å². The van der Waals surface area contributed by atoms with Gasteiger partial charge in [-0.05, 0) is 26.7 Å². The maximum Gasteiger partial charge on any atom is 0.151 e. The second-order valence-corrected chi connectivity index (χ2v) is 5.65. The number of aromatic nitrogens is 3. The van der Waals surface area contributed by atoms with E-state index in [0.717, 1.165) is 5.69 Å². The van der Waals surface area contributed by atoms with E-state index in [4.69, 9.17) is 0 Å². The number of amidine groups is 1. The van der Waals surface area contributed by atoms with E-state index in [1.54, 1.807) is 30.8 Å². The highest BCUT2D eigenvalue weighted by molar-refractivity contribution is 6.15. The van der Waals surface area contributed by atoms with Crippen molar-refractivity contribution in [2.75, 3.05) is 0 Å². The molecule has 0 fully saturated rings. The van der Waals surface area contributed by atoms with Crippen LogP contribution in [0.4, 0.5) is 4.39 Å². The predicted molar refractivity (Wildman–Crippen MR) is 90.3 cm³/mol. The van der Waals surface area contributed by atoms with Gasteiger partial charge in [-0.25, -0.2) is 23.9 Å². The Labute approximate surface area is 134 Å². The summed E-state index contributed by atoms with van der Waals surface area (Å²) in [5, 5.41) is 4.26. The first kappa shape index (κ1) is 15.3. The predicted octanol–water partition coefficient (Wildman–Crippen LogP) is 3.52. The van der Waals surface area contributed by atoms with E-state index < -0.39 is 0 Å². The number of halogens is 1. The number of hydrogen-bond donors (Lipinski definition) is 0. The van der Waals surface area contributed by atoms with Crippen molar-refractivity contribution in [2.45, 2.75) is 27.7 Å². The first-order chi connectivity index (χ1) is 11.0. The molecule has 1 aliphatic heterocycles. The summed E-state index contributed by atoms with van der Waals surface area (Å²) in [5.41, 5.74) is 2.57. The molecule has 0 bridgehead atoms. The summed E-state index contributed by atoms with van der Waals surface area (Å²) in [6, 6.07) is 0. The maximum absolute atomic E-state index is 14.6. The van der Waals surface area contributed by atoms with E-state index in [0.29, 0.717) is 28.3 Å². The number of aliphatic imine (C=N–C) groups is 2. The van der Waals surface area contributed by atoms with E-state index in [1.807, 2.05) is 26.0 Å². The van der Waals surface area contributed by atoms with Crippen molar-refractivity contribution in [2.24, 2.45) is 15.9 Å². The van der Waals surface area contributed by atoms with Crippen molar-refractivity contribution in [1.82, 2.24) is 14.6 Å². The molecule has 0 unspecified atom stereocenters. The molecule has 0 radical (unpaired) electrons. The number of nitrogens with zero attached hydrogens (tertiary/aromatic N) is 5. The molecular weight excluding hydrogens is 293 g/mol. The van der Waals surface area contributed by atoms with Gasteiger partial charge in [-0.1, -0.05) is 19.1 Å². The topological polar surface area (TPSA) is 54.9 Å². The summed E-state index contributed by atoms with van der Waals surface area (Å²) in [6.07, 6.45) is 8.67. The third-order valence-corrected chi connectivity index (χ3v) is 3.64. The Balaban J connectivity index is 2.26. The second kappa shape index (κ2) is 5.87. The van der Waals surface area contributed by atoms with Crippen molar-refractivity contribution in [3.63, 3.8) is 0 Å². The highest BCUT2D eigenvalue weighted by Gasteiger charge is 2.18. The standard InChI is InChI=1S/C17H18FN5/c1-10-5-6-19-12(3)20-8-14(7-10)16-15(18)9-23-17(16)11(2)21-13(4)22-23/h5-10H,1-4H3/b6-5-,14-7+,19-12?,20-8?/t10-/m0/s1. The minimum atomic E-state index is -0.337. The highest BCUT2D eigenvalue weighted by atomic mass is 19.1. The number of aryl methyl sites for hydroxylation is 2. The monoisotopic (exact) mass is 311 g/mol. The fourth-order valence-electron chi connectivity index (χ4n) is 2.65. The minimum absolute atomic E-state index is 0.104. The average Bonchev–Trinajstić information content (AvgIpc) is 2.81. The van der Waals surface area contributed by atoms with Gasteiger partial charge in [-0.3, -0.25) is 0 Å². The summed E-state index contributed by atoms with van der Waals surface area (Å²) < 4.78 is 16.2. The lowest BCUT2D eigenvalue weighted by Gasteiger charge is -2.06. The van der Waals surface area contributed by atoms with E-state index in [1.165, 1.54) is 6.20 Å². The molecule has 5 nitrogen and oxygen atoms in total. The van der Waals surface area contributed by atoms with E-state index in [2.05, 4.69) is 20.1 Å². The summed E-state index contributed by atoms with van der Waals surface area (Å²) in [6.45, 7) is 7.47. The molecule has 0 aliphatic carbocycles. The first-order valence-electron chi connectivity index (χ1n) is 7.45. The summed E-state index contributed by atoms with van der Waals surface area (Å²) in [7, 11) is 0. The lowest BCUT2D eigenvalue weighted by atomic mass is 10.0. The van der Waals surface area contributed by atoms with Crippen LogP contribution in [-0.2, 0) is 0 Å². The fourth-order valence-corrected chi connectivity index (χ4v) is 2.65. The van der Waals surface area contributed by atoms with Gasteiger partial charge in [0.1, 0.15) is 11.7 Å². The van der Waals surface area contributed by atoms with Crippen LogP contribution in [-0.4, -0.2) is 26.6 Å². The molecule has 2 aromatic heterocycles. The third-order valence-electron chi connectivity index (χ3n) is 3.64. The average molecular weight is 311 g/mol. The van der Waals surface area contributed by atoms with Crippen LogP contribution in [0, 0.1) is 25.6 Å².